The average molecular weight is 587 g/mol. The van der Waals surface area contributed by atoms with Crippen molar-refractivity contribution in [3.63, 3.8) is 0 Å². The summed E-state index contributed by atoms with van der Waals surface area (Å²) in [6, 6.07) is 56.1. The van der Waals surface area contributed by atoms with Crippen molar-refractivity contribution in [3.8, 4) is 28.2 Å². The number of fused-ring (bicyclic) bond motifs is 9. The van der Waals surface area contributed by atoms with Gasteiger partial charge in [0, 0.05) is 22.0 Å². The van der Waals surface area contributed by atoms with Gasteiger partial charge in [-0.1, -0.05) is 109 Å². The van der Waals surface area contributed by atoms with Gasteiger partial charge in [0.25, 0.3) is 0 Å². The maximum atomic E-state index is 6.40. The zero-order chi connectivity index (χ0) is 30.2. The molecule has 10 rings (SSSR count). The Morgan fingerprint density at radius 1 is 0.457 bits per heavy atom. The molecule has 0 bridgehead atoms. The van der Waals surface area contributed by atoms with Crippen LogP contribution in [0.2, 0.25) is 0 Å². The highest BCUT2D eigenvalue weighted by atomic mass is 16.3. The molecule has 3 heteroatoms. The number of para-hydroxylation sites is 2. The van der Waals surface area contributed by atoms with Crippen LogP contribution in [-0.4, -0.2) is 9.55 Å². The lowest BCUT2D eigenvalue weighted by molar-refractivity contribution is 0.669. The van der Waals surface area contributed by atoms with E-state index in [1.807, 2.05) is 12.1 Å². The van der Waals surface area contributed by atoms with E-state index in [1.165, 1.54) is 43.4 Å². The van der Waals surface area contributed by atoms with Crippen LogP contribution in [0, 0.1) is 0 Å². The highest BCUT2D eigenvalue weighted by Gasteiger charge is 2.17. The molecular weight excluding hydrogens is 560 g/mol. The molecule has 0 saturated carbocycles. The summed E-state index contributed by atoms with van der Waals surface area (Å²) in [5.74, 6) is 0.921. The van der Waals surface area contributed by atoms with Gasteiger partial charge >= 0.3 is 0 Å². The molecule has 214 valence electrons. The molecule has 10 aromatic rings. The van der Waals surface area contributed by atoms with Gasteiger partial charge in [-0.05, 0) is 92.0 Å². The summed E-state index contributed by atoms with van der Waals surface area (Å²) in [5, 5.41) is 9.80. The smallest absolute Gasteiger partial charge is 0.145 e. The van der Waals surface area contributed by atoms with Crippen LogP contribution < -0.4 is 0 Å². The Bertz CT molecular complexity index is 2800. The first-order valence-corrected chi connectivity index (χ1v) is 15.6. The topological polar surface area (TPSA) is 31.0 Å². The summed E-state index contributed by atoms with van der Waals surface area (Å²) < 4.78 is 8.66. The lowest BCUT2D eigenvalue weighted by Crippen LogP contribution is -1.97. The molecule has 0 aliphatic rings. The Balaban J connectivity index is 1.21. The maximum absolute atomic E-state index is 6.40. The number of benzene rings is 8. The van der Waals surface area contributed by atoms with Crippen molar-refractivity contribution in [1.82, 2.24) is 9.55 Å². The summed E-state index contributed by atoms with van der Waals surface area (Å²) >= 11 is 0. The van der Waals surface area contributed by atoms with Crippen molar-refractivity contribution in [2.24, 2.45) is 0 Å². The minimum Gasteiger partial charge on any atom is -0.456 e. The molecule has 0 fully saturated rings. The fourth-order valence-corrected chi connectivity index (χ4v) is 7.26. The lowest BCUT2D eigenvalue weighted by Gasteiger charge is -2.13. The summed E-state index contributed by atoms with van der Waals surface area (Å²) in [5.41, 5.74) is 8.32. The minimum absolute atomic E-state index is 0.872. The first-order chi connectivity index (χ1) is 22.8. The fourth-order valence-electron chi connectivity index (χ4n) is 7.26. The molecule has 2 aromatic heterocycles. The van der Waals surface area contributed by atoms with E-state index in [4.69, 9.17) is 9.40 Å². The molecule has 0 N–H and O–H groups in total. The Morgan fingerprint density at radius 2 is 1.15 bits per heavy atom. The van der Waals surface area contributed by atoms with Gasteiger partial charge in [0.1, 0.15) is 17.0 Å². The van der Waals surface area contributed by atoms with Crippen molar-refractivity contribution >= 4 is 65.3 Å². The first-order valence-electron chi connectivity index (χ1n) is 15.6. The predicted molar refractivity (Wildman–Crippen MR) is 192 cm³/mol. The molecular formula is C43H26N2O. The molecule has 46 heavy (non-hydrogen) atoms. The zero-order valence-electron chi connectivity index (χ0n) is 24.8. The Labute approximate surface area is 264 Å². The normalized spacial score (nSPS) is 11.9. The molecule has 0 atom stereocenters. The third kappa shape index (κ3) is 3.69. The second-order valence-electron chi connectivity index (χ2n) is 12.0. The molecule has 3 nitrogen and oxygen atoms in total. The van der Waals surface area contributed by atoms with E-state index >= 15 is 0 Å². The van der Waals surface area contributed by atoms with Crippen LogP contribution in [0.5, 0.6) is 0 Å². The quantitative estimate of drug-likeness (QED) is 0.193. The fraction of sp³-hybridized carbons (Fsp3) is 0. The van der Waals surface area contributed by atoms with E-state index in [2.05, 4.69) is 150 Å². The third-order valence-corrected chi connectivity index (χ3v) is 9.36. The van der Waals surface area contributed by atoms with Gasteiger partial charge in [-0.3, -0.25) is 4.57 Å². The molecule has 2 heterocycles. The largest absolute Gasteiger partial charge is 0.456 e. The van der Waals surface area contributed by atoms with Gasteiger partial charge < -0.3 is 4.42 Å². The van der Waals surface area contributed by atoms with E-state index in [0.29, 0.717) is 0 Å². The van der Waals surface area contributed by atoms with Gasteiger partial charge in [0.15, 0.2) is 0 Å². The van der Waals surface area contributed by atoms with Gasteiger partial charge in [0.05, 0.1) is 11.0 Å². The van der Waals surface area contributed by atoms with E-state index in [-0.39, 0.29) is 0 Å². The van der Waals surface area contributed by atoms with Gasteiger partial charge in [-0.15, -0.1) is 0 Å². The monoisotopic (exact) mass is 586 g/mol. The van der Waals surface area contributed by atoms with Gasteiger partial charge in [0.2, 0.25) is 0 Å². The van der Waals surface area contributed by atoms with Gasteiger partial charge in [-0.2, -0.15) is 0 Å². The van der Waals surface area contributed by atoms with E-state index < -0.39 is 0 Å². The zero-order valence-corrected chi connectivity index (χ0v) is 24.8. The van der Waals surface area contributed by atoms with Crippen LogP contribution in [-0.2, 0) is 0 Å². The highest BCUT2D eigenvalue weighted by Crippen LogP contribution is 2.41. The Hall–Kier alpha value is -6.19. The van der Waals surface area contributed by atoms with Crippen LogP contribution in [0.4, 0.5) is 0 Å². The summed E-state index contributed by atoms with van der Waals surface area (Å²) in [6.45, 7) is 0. The van der Waals surface area contributed by atoms with Crippen molar-refractivity contribution in [3.05, 3.63) is 158 Å². The molecule has 0 aliphatic heterocycles. The van der Waals surface area contributed by atoms with Crippen molar-refractivity contribution in [2.75, 3.05) is 0 Å². The second kappa shape index (κ2) is 9.65. The van der Waals surface area contributed by atoms with Crippen molar-refractivity contribution in [1.29, 1.82) is 0 Å². The van der Waals surface area contributed by atoms with Crippen molar-refractivity contribution in [2.45, 2.75) is 0 Å². The number of nitrogens with zero attached hydrogens (tertiary/aromatic N) is 2. The highest BCUT2D eigenvalue weighted by molar-refractivity contribution is 6.23. The molecule has 8 aromatic carbocycles. The predicted octanol–water partition coefficient (Wildman–Crippen LogP) is 11.7. The minimum atomic E-state index is 0.872. The van der Waals surface area contributed by atoms with Crippen LogP contribution in [0.25, 0.3) is 93.5 Å². The molecule has 0 radical (unpaired) electrons. The van der Waals surface area contributed by atoms with Crippen molar-refractivity contribution < 1.29 is 4.42 Å². The lowest BCUT2D eigenvalue weighted by atomic mass is 9.90. The summed E-state index contributed by atoms with van der Waals surface area (Å²) in [7, 11) is 0. The summed E-state index contributed by atoms with van der Waals surface area (Å²) in [6.07, 6.45) is 0. The first kappa shape index (κ1) is 25.2. The van der Waals surface area contributed by atoms with E-state index in [0.717, 1.165) is 50.0 Å². The number of furan rings is 1. The SMILES string of the molecule is c1ccc(-c2nc3ccccc3n2-c2ccc3oc4ccc(-c5cc6ccc7ccccc7c6c6ccccc56)cc4c3c2)cc1. The van der Waals surface area contributed by atoms with Crippen LogP contribution in [0.15, 0.2) is 162 Å². The maximum Gasteiger partial charge on any atom is 0.145 e. The number of aromatic nitrogens is 2. The number of hydrogen-bond acceptors (Lipinski definition) is 2. The molecule has 0 spiro atoms. The average Bonchev–Trinajstić information content (AvgIpc) is 3.69. The van der Waals surface area contributed by atoms with E-state index in [1.54, 1.807) is 0 Å². The van der Waals surface area contributed by atoms with Crippen LogP contribution in [0.3, 0.4) is 0 Å². The second-order valence-corrected chi connectivity index (χ2v) is 12.0. The molecule has 0 unspecified atom stereocenters. The summed E-state index contributed by atoms with van der Waals surface area (Å²) in [4.78, 5) is 5.06. The Kier molecular flexibility index (Phi) is 5.28. The molecule has 0 aliphatic carbocycles. The number of rotatable bonds is 3. The third-order valence-electron chi connectivity index (χ3n) is 9.36. The number of imidazole rings is 1. The molecule has 0 amide bonds. The number of hydrogen-bond donors (Lipinski definition) is 0. The standard InChI is InChI=1S/C43H26N2O/c1-2-11-28(12-3-1)43-44-38-16-8-9-17-39(38)45(43)31-21-23-41-37(26-31)36-24-29(20-22-40(36)46-41)35-25-30-19-18-27-10-4-5-13-32(27)42(30)34-15-7-6-14-33(34)35/h1-26H. The van der Waals surface area contributed by atoms with Crippen LogP contribution in [0.1, 0.15) is 0 Å². The van der Waals surface area contributed by atoms with Crippen LogP contribution >= 0.6 is 0 Å². The van der Waals surface area contributed by atoms with Gasteiger partial charge in [-0.25, -0.2) is 4.98 Å². The van der Waals surface area contributed by atoms with E-state index in [9.17, 15) is 0 Å². The Morgan fingerprint density at radius 3 is 2.04 bits per heavy atom. The molecule has 0 saturated heterocycles.